The molecule has 0 atom stereocenters. The van der Waals surface area contributed by atoms with Crippen LogP contribution in [0.3, 0.4) is 0 Å². The first kappa shape index (κ1) is 13.6. The van der Waals surface area contributed by atoms with Crippen LogP contribution in [0.5, 0.6) is 0 Å². The zero-order valence-electron chi connectivity index (χ0n) is 11.6. The predicted octanol–water partition coefficient (Wildman–Crippen LogP) is 1.89. The summed E-state index contributed by atoms with van der Waals surface area (Å²) in [6, 6.07) is 6.49. The number of fused-ring (bicyclic) bond motifs is 1. The molecule has 0 bridgehead atoms. The van der Waals surface area contributed by atoms with Crippen molar-refractivity contribution in [2.75, 3.05) is 11.4 Å². The number of furan rings is 1. The maximum absolute atomic E-state index is 13.4. The molecular formula is C15H16FN3O2. The Morgan fingerprint density at radius 1 is 1.48 bits per heavy atom. The second-order valence-electron chi connectivity index (χ2n) is 5.10. The molecule has 5 nitrogen and oxygen atoms in total. The zero-order chi connectivity index (χ0) is 15.0. The molecule has 2 aromatic rings. The van der Waals surface area contributed by atoms with Gasteiger partial charge in [0, 0.05) is 12.2 Å². The van der Waals surface area contributed by atoms with Crippen LogP contribution in [0.25, 0.3) is 0 Å². The van der Waals surface area contributed by atoms with Crippen LogP contribution in [0.2, 0.25) is 0 Å². The highest BCUT2D eigenvalue weighted by atomic mass is 19.1. The van der Waals surface area contributed by atoms with E-state index < -0.39 is 0 Å². The van der Waals surface area contributed by atoms with Crippen LogP contribution in [0, 0.1) is 12.7 Å². The van der Waals surface area contributed by atoms with Crippen LogP contribution >= 0.6 is 0 Å². The van der Waals surface area contributed by atoms with Gasteiger partial charge in [-0.1, -0.05) is 6.07 Å². The van der Waals surface area contributed by atoms with Gasteiger partial charge in [0.1, 0.15) is 17.3 Å². The number of hydrazine groups is 1. The zero-order valence-corrected chi connectivity index (χ0v) is 11.6. The van der Waals surface area contributed by atoms with E-state index in [2.05, 4.69) is 5.43 Å². The third kappa shape index (κ3) is 2.50. The molecule has 6 heteroatoms. The second kappa shape index (κ2) is 5.21. The van der Waals surface area contributed by atoms with Crippen molar-refractivity contribution in [1.82, 2.24) is 5.43 Å². The minimum atomic E-state index is -0.379. The minimum absolute atomic E-state index is 0.250. The van der Waals surface area contributed by atoms with Crippen molar-refractivity contribution in [1.29, 1.82) is 0 Å². The van der Waals surface area contributed by atoms with Crippen molar-refractivity contribution in [3.05, 3.63) is 52.7 Å². The van der Waals surface area contributed by atoms with E-state index in [9.17, 15) is 9.18 Å². The van der Waals surface area contributed by atoms with Gasteiger partial charge in [0.2, 0.25) is 0 Å². The van der Waals surface area contributed by atoms with Crippen molar-refractivity contribution < 1.29 is 13.6 Å². The Morgan fingerprint density at radius 3 is 3.05 bits per heavy atom. The van der Waals surface area contributed by atoms with E-state index in [0.29, 0.717) is 23.6 Å². The van der Waals surface area contributed by atoms with E-state index in [0.717, 1.165) is 24.2 Å². The SMILES string of the molecule is Cc1oc(CN2CCc3ccc(F)cc32)cc1C(=O)NN. The van der Waals surface area contributed by atoms with Gasteiger partial charge in [-0.05, 0) is 37.1 Å². The highest BCUT2D eigenvalue weighted by Gasteiger charge is 2.22. The lowest BCUT2D eigenvalue weighted by Crippen LogP contribution is -2.30. The third-order valence-electron chi connectivity index (χ3n) is 3.73. The fraction of sp³-hybridized carbons (Fsp3) is 0.267. The Morgan fingerprint density at radius 2 is 2.29 bits per heavy atom. The normalized spacial score (nSPS) is 13.4. The monoisotopic (exact) mass is 289 g/mol. The molecule has 1 aromatic heterocycles. The molecule has 0 saturated carbocycles. The van der Waals surface area contributed by atoms with Crippen LogP contribution < -0.4 is 16.2 Å². The Labute approximate surface area is 121 Å². The van der Waals surface area contributed by atoms with Crippen LogP contribution in [0.4, 0.5) is 10.1 Å². The van der Waals surface area contributed by atoms with Gasteiger partial charge in [0.05, 0.1) is 12.1 Å². The number of amides is 1. The standard InChI is InChI=1S/C15H16FN3O2/c1-9-13(15(20)18-17)7-12(21-9)8-19-5-4-10-2-3-11(16)6-14(10)19/h2-3,6-7H,4-5,8,17H2,1H3,(H,18,20). The lowest BCUT2D eigenvalue weighted by atomic mass is 10.2. The second-order valence-corrected chi connectivity index (χ2v) is 5.10. The number of nitrogens with zero attached hydrogens (tertiary/aromatic N) is 1. The highest BCUT2D eigenvalue weighted by molar-refractivity contribution is 5.94. The van der Waals surface area contributed by atoms with Crippen LogP contribution in [0.1, 0.15) is 27.4 Å². The number of carbonyl (C=O) groups excluding carboxylic acids is 1. The van der Waals surface area contributed by atoms with Crippen molar-refractivity contribution in [2.45, 2.75) is 19.9 Å². The molecule has 1 aliphatic heterocycles. The Kier molecular flexibility index (Phi) is 3.39. The van der Waals surface area contributed by atoms with Crippen molar-refractivity contribution >= 4 is 11.6 Å². The molecule has 0 spiro atoms. The highest BCUT2D eigenvalue weighted by Crippen LogP contribution is 2.30. The minimum Gasteiger partial charge on any atom is -0.464 e. The lowest BCUT2D eigenvalue weighted by Gasteiger charge is -2.17. The summed E-state index contributed by atoms with van der Waals surface area (Å²) in [5.41, 5.74) is 4.52. The first-order valence-corrected chi connectivity index (χ1v) is 6.72. The maximum atomic E-state index is 13.4. The summed E-state index contributed by atoms with van der Waals surface area (Å²) >= 11 is 0. The van der Waals surface area contributed by atoms with Gasteiger partial charge < -0.3 is 9.32 Å². The molecular weight excluding hydrogens is 273 g/mol. The van der Waals surface area contributed by atoms with Gasteiger partial charge in [0.25, 0.3) is 5.91 Å². The van der Waals surface area contributed by atoms with Gasteiger partial charge in [-0.25, -0.2) is 10.2 Å². The molecule has 0 fully saturated rings. The van der Waals surface area contributed by atoms with Crippen molar-refractivity contribution in [3.63, 3.8) is 0 Å². The quantitative estimate of drug-likeness (QED) is 0.514. The summed E-state index contributed by atoms with van der Waals surface area (Å²) in [7, 11) is 0. The van der Waals surface area contributed by atoms with E-state index in [1.165, 1.54) is 12.1 Å². The van der Waals surface area contributed by atoms with E-state index in [1.807, 2.05) is 11.0 Å². The van der Waals surface area contributed by atoms with Gasteiger partial charge in [-0.2, -0.15) is 0 Å². The number of carbonyl (C=O) groups is 1. The fourth-order valence-electron chi connectivity index (χ4n) is 2.70. The Balaban J connectivity index is 1.83. The number of hydrogen-bond donors (Lipinski definition) is 2. The molecule has 3 N–H and O–H groups in total. The largest absolute Gasteiger partial charge is 0.464 e. The van der Waals surface area contributed by atoms with Gasteiger partial charge in [-0.3, -0.25) is 10.2 Å². The smallest absolute Gasteiger partial charge is 0.268 e. The van der Waals surface area contributed by atoms with E-state index in [-0.39, 0.29) is 11.7 Å². The summed E-state index contributed by atoms with van der Waals surface area (Å²) in [5, 5.41) is 0. The average molecular weight is 289 g/mol. The lowest BCUT2D eigenvalue weighted by molar-refractivity contribution is 0.0952. The number of benzene rings is 1. The first-order chi connectivity index (χ1) is 10.1. The number of aryl methyl sites for hydroxylation is 1. The topological polar surface area (TPSA) is 71.5 Å². The summed E-state index contributed by atoms with van der Waals surface area (Å²) in [4.78, 5) is 13.6. The number of nitrogens with two attached hydrogens (primary N) is 1. The number of halogens is 1. The number of anilines is 1. The van der Waals surface area contributed by atoms with Crippen LogP contribution in [0.15, 0.2) is 28.7 Å². The maximum Gasteiger partial charge on any atom is 0.268 e. The molecule has 0 saturated heterocycles. The summed E-state index contributed by atoms with van der Waals surface area (Å²) < 4.78 is 19.0. The molecule has 110 valence electrons. The van der Waals surface area contributed by atoms with Crippen molar-refractivity contribution in [3.8, 4) is 0 Å². The van der Waals surface area contributed by atoms with Crippen LogP contribution in [-0.2, 0) is 13.0 Å². The molecule has 0 radical (unpaired) electrons. The molecule has 3 rings (SSSR count). The molecule has 21 heavy (non-hydrogen) atoms. The third-order valence-corrected chi connectivity index (χ3v) is 3.73. The molecule has 0 unspecified atom stereocenters. The molecule has 1 aromatic carbocycles. The molecule has 0 aliphatic carbocycles. The Bertz CT molecular complexity index is 696. The first-order valence-electron chi connectivity index (χ1n) is 6.72. The number of nitrogens with one attached hydrogen (secondary N) is 1. The van der Waals surface area contributed by atoms with Gasteiger partial charge in [-0.15, -0.1) is 0 Å². The Hall–Kier alpha value is -2.34. The summed E-state index contributed by atoms with van der Waals surface area (Å²) in [6.45, 7) is 3.01. The fourth-order valence-corrected chi connectivity index (χ4v) is 2.70. The number of rotatable bonds is 3. The van der Waals surface area contributed by atoms with Gasteiger partial charge in [0.15, 0.2) is 0 Å². The molecule has 2 heterocycles. The molecule has 1 amide bonds. The average Bonchev–Trinajstić information content (AvgIpc) is 3.02. The van der Waals surface area contributed by atoms with Gasteiger partial charge >= 0.3 is 0 Å². The van der Waals surface area contributed by atoms with Crippen LogP contribution in [-0.4, -0.2) is 12.5 Å². The molecule has 1 aliphatic rings. The summed E-state index contributed by atoms with van der Waals surface area (Å²) in [6.07, 6.45) is 0.880. The summed E-state index contributed by atoms with van der Waals surface area (Å²) in [5.74, 6) is 5.68. The van der Waals surface area contributed by atoms with E-state index in [1.54, 1.807) is 13.0 Å². The van der Waals surface area contributed by atoms with E-state index >= 15 is 0 Å². The number of nitrogen functional groups attached to an aromatic ring is 1. The number of hydrogen-bond acceptors (Lipinski definition) is 4. The van der Waals surface area contributed by atoms with Crippen molar-refractivity contribution in [2.24, 2.45) is 5.84 Å². The van der Waals surface area contributed by atoms with E-state index in [4.69, 9.17) is 10.3 Å². The predicted molar refractivity (Wildman–Crippen MR) is 76.3 cm³/mol.